The number of methoxy groups -OCH3 is 1. The molecule has 24 heavy (non-hydrogen) atoms. The second-order valence-electron chi connectivity index (χ2n) is 4.93. The first-order chi connectivity index (χ1) is 11.5. The fourth-order valence-electron chi connectivity index (χ4n) is 2.14. The maximum absolute atomic E-state index is 13.9. The van der Waals surface area contributed by atoms with Crippen molar-refractivity contribution in [1.82, 2.24) is 5.32 Å². The molecule has 2 aromatic rings. The van der Waals surface area contributed by atoms with Gasteiger partial charge in [0.05, 0.1) is 18.7 Å². The number of ether oxygens (including phenoxy) is 2. The van der Waals surface area contributed by atoms with Crippen molar-refractivity contribution in [3.8, 4) is 11.5 Å². The van der Waals surface area contributed by atoms with Crippen molar-refractivity contribution >= 4 is 17.6 Å². The molecule has 0 amide bonds. The third-order valence-electron chi connectivity index (χ3n) is 3.29. The number of para-hydroxylation sites is 1. The Labute approximate surface area is 144 Å². The molecule has 0 saturated carbocycles. The molecule has 0 aromatic heterocycles. The van der Waals surface area contributed by atoms with Gasteiger partial charge < -0.3 is 19.9 Å². The normalized spacial score (nSPS) is 10.5. The van der Waals surface area contributed by atoms with Crippen molar-refractivity contribution in [2.24, 2.45) is 0 Å². The third kappa shape index (κ3) is 4.59. The van der Waals surface area contributed by atoms with Gasteiger partial charge in [0, 0.05) is 17.7 Å². The average Bonchev–Trinajstić information content (AvgIpc) is 2.54. The van der Waals surface area contributed by atoms with Crippen LogP contribution in [0.1, 0.15) is 11.1 Å². The zero-order valence-corrected chi connectivity index (χ0v) is 13.8. The molecule has 128 valence electrons. The molecule has 0 bridgehead atoms. The van der Waals surface area contributed by atoms with E-state index in [4.69, 9.17) is 26.2 Å². The minimum Gasteiger partial charge on any atom is -0.493 e. The van der Waals surface area contributed by atoms with Crippen molar-refractivity contribution in [2.75, 3.05) is 13.7 Å². The van der Waals surface area contributed by atoms with Crippen LogP contribution in [0.4, 0.5) is 4.39 Å². The number of carboxylic acid groups (broad SMARTS) is 1. The molecule has 0 saturated heterocycles. The van der Waals surface area contributed by atoms with Crippen molar-refractivity contribution in [3.05, 3.63) is 58.4 Å². The van der Waals surface area contributed by atoms with Gasteiger partial charge in [-0.25, -0.2) is 4.39 Å². The summed E-state index contributed by atoms with van der Waals surface area (Å²) in [7, 11) is 1.49. The van der Waals surface area contributed by atoms with Crippen LogP contribution < -0.4 is 14.8 Å². The summed E-state index contributed by atoms with van der Waals surface area (Å²) in [5.74, 6) is -0.532. The molecule has 0 spiro atoms. The minimum absolute atomic E-state index is 0.0716. The molecule has 7 heteroatoms. The second kappa shape index (κ2) is 8.52. The fourth-order valence-corrected chi connectivity index (χ4v) is 2.36. The Morgan fingerprint density at radius 2 is 2.04 bits per heavy atom. The number of hydrogen-bond acceptors (Lipinski definition) is 4. The molecule has 0 heterocycles. The highest BCUT2D eigenvalue weighted by molar-refractivity contribution is 6.31. The van der Waals surface area contributed by atoms with E-state index < -0.39 is 11.8 Å². The van der Waals surface area contributed by atoms with Crippen LogP contribution in [0, 0.1) is 5.82 Å². The highest BCUT2D eigenvalue weighted by Crippen LogP contribution is 2.32. The molecule has 5 nitrogen and oxygen atoms in total. The topological polar surface area (TPSA) is 67.8 Å². The molecule has 0 aliphatic rings. The molecule has 2 N–H and O–H groups in total. The van der Waals surface area contributed by atoms with Crippen molar-refractivity contribution in [2.45, 2.75) is 13.2 Å². The van der Waals surface area contributed by atoms with E-state index in [0.717, 1.165) is 0 Å². The van der Waals surface area contributed by atoms with Crippen LogP contribution in [-0.2, 0) is 17.9 Å². The molecule has 2 rings (SSSR count). The lowest BCUT2D eigenvalue weighted by atomic mass is 10.1. The lowest BCUT2D eigenvalue weighted by Gasteiger charge is -2.16. The lowest BCUT2D eigenvalue weighted by molar-refractivity contribution is -0.136. The number of nitrogens with one attached hydrogen (secondary N) is 1. The Bertz CT molecular complexity index is 703. The smallest absolute Gasteiger partial charge is 0.317 e. The van der Waals surface area contributed by atoms with Crippen LogP contribution in [0.2, 0.25) is 5.02 Å². The Balaban J connectivity index is 2.19. The van der Waals surface area contributed by atoms with Gasteiger partial charge in [0.2, 0.25) is 0 Å². The van der Waals surface area contributed by atoms with Gasteiger partial charge >= 0.3 is 5.97 Å². The number of benzene rings is 2. The van der Waals surface area contributed by atoms with Crippen LogP contribution in [0.3, 0.4) is 0 Å². The Hall–Kier alpha value is -2.31. The zero-order chi connectivity index (χ0) is 17.5. The van der Waals surface area contributed by atoms with E-state index in [9.17, 15) is 9.18 Å². The highest BCUT2D eigenvalue weighted by atomic mass is 35.5. The highest BCUT2D eigenvalue weighted by Gasteiger charge is 2.14. The van der Waals surface area contributed by atoms with Crippen molar-refractivity contribution in [3.63, 3.8) is 0 Å². The Morgan fingerprint density at radius 1 is 1.29 bits per heavy atom. The minimum atomic E-state index is -0.960. The van der Waals surface area contributed by atoms with E-state index in [2.05, 4.69) is 5.32 Å². The quantitative estimate of drug-likeness (QED) is 0.762. The van der Waals surface area contributed by atoms with E-state index >= 15 is 0 Å². The summed E-state index contributed by atoms with van der Waals surface area (Å²) in [5, 5.41) is 11.8. The van der Waals surface area contributed by atoms with E-state index in [0.29, 0.717) is 17.1 Å². The average molecular weight is 354 g/mol. The summed E-state index contributed by atoms with van der Waals surface area (Å²) in [6, 6.07) is 9.66. The monoisotopic (exact) mass is 353 g/mol. The molecular weight excluding hydrogens is 337 g/mol. The van der Waals surface area contributed by atoms with Gasteiger partial charge in [0.25, 0.3) is 0 Å². The first-order valence-electron chi connectivity index (χ1n) is 7.17. The molecule has 0 aliphatic carbocycles. The van der Waals surface area contributed by atoms with Gasteiger partial charge in [-0.3, -0.25) is 4.79 Å². The van der Waals surface area contributed by atoms with Gasteiger partial charge in [-0.05, 0) is 18.2 Å². The van der Waals surface area contributed by atoms with E-state index in [1.165, 1.54) is 19.2 Å². The summed E-state index contributed by atoms with van der Waals surface area (Å²) in [6.07, 6.45) is 0. The number of rotatable bonds is 8. The molecule has 0 radical (unpaired) electrons. The van der Waals surface area contributed by atoms with Crippen LogP contribution in [0.25, 0.3) is 0 Å². The van der Waals surface area contributed by atoms with Crippen LogP contribution in [0.15, 0.2) is 36.4 Å². The van der Waals surface area contributed by atoms with E-state index in [-0.39, 0.29) is 30.3 Å². The Morgan fingerprint density at radius 3 is 2.71 bits per heavy atom. The standard InChI is InChI=1S/C17H17ClFNO4/c1-23-15-7-2-4-11(8-20-9-16(21)22)17(15)24-10-12-13(18)5-3-6-14(12)19/h2-7,20H,8-10H2,1H3,(H,21,22). The Kier molecular flexibility index (Phi) is 6.40. The first kappa shape index (κ1) is 18.0. The van der Waals surface area contributed by atoms with Gasteiger partial charge in [-0.2, -0.15) is 0 Å². The van der Waals surface area contributed by atoms with Crippen LogP contribution in [0.5, 0.6) is 11.5 Å². The van der Waals surface area contributed by atoms with Gasteiger partial charge in [0.1, 0.15) is 12.4 Å². The summed E-state index contributed by atoms with van der Waals surface area (Å²) in [6.45, 7) is 0.0113. The largest absolute Gasteiger partial charge is 0.493 e. The molecule has 0 aliphatic heterocycles. The van der Waals surface area contributed by atoms with Gasteiger partial charge in [-0.15, -0.1) is 0 Å². The lowest BCUT2D eigenvalue weighted by Crippen LogP contribution is -2.22. The molecule has 0 unspecified atom stereocenters. The molecule has 0 fully saturated rings. The van der Waals surface area contributed by atoms with E-state index in [1.54, 1.807) is 24.3 Å². The molecule has 0 atom stereocenters. The molecular formula is C17H17ClFNO4. The first-order valence-corrected chi connectivity index (χ1v) is 7.54. The number of aliphatic carboxylic acids is 1. The third-order valence-corrected chi connectivity index (χ3v) is 3.65. The maximum atomic E-state index is 13.9. The zero-order valence-electron chi connectivity index (χ0n) is 13.0. The van der Waals surface area contributed by atoms with Gasteiger partial charge in [0.15, 0.2) is 11.5 Å². The summed E-state index contributed by atoms with van der Waals surface area (Å²) >= 11 is 6.00. The predicted octanol–water partition coefficient (Wildman–Crippen LogP) is 3.24. The second-order valence-corrected chi connectivity index (χ2v) is 5.34. The summed E-state index contributed by atoms with van der Waals surface area (Å²) in [4.78, 5) is 10.6. The van der Waals surface area contributed by atoms with Crippen molar-refractivity contribution in [1.29, 1.82) is 0 Å². The number of halogens is 2. The van der Waals surface area contributed by atoms with Crippen LogP contribution >= 0.6 is 11.6 Å². The summed E-state index contributed by atoms with van der Waals surface area (Å²) < 4.78 is 24.8. The summed E-state index contributed by atoms with van der Waals surface area (Å²) in [5.41, 5.74) is 0.942. The maximum Gasteiger partial charge on any atom is 0.317 e. The van der Waals surface area contributed by atoms with E-state index in [1.807, 2.05) is 0 Å². The predicted molar refractivity (Wildman–Crippen MR) is 88.1 cm³/mol. The number of carbonyl (C=O) groups is 1. The fraction of sp³-hybridized carbons (Fsp3) is 0.235. The van der Waals surface area contributed by atoms with Crippen LogP contribution in [-0.4, -0.2) is 24.7 Å². The number of carboxylic acids is 1. The SMILES string of the molecule is COc1cccc(CNCC(=O)O)c1OCc1c(F)cccc1Cl. The molecule has 2 aromatic carbocycles. The van der Waals surface area contributed by atoms with Gasteiger partial charge in [-0.1, -0.05) is 29.8 Å². The van der Waals surface area contributed by atoms with Crippen molar-refractivity contribution < 1.29 is 23.8 Å². The number of hydrogen-bond donors (Lipinski definition) is 2.